The average molecular weight is 292 g/mol. The molecule has 1 aromatic rings. The first-order valence-electron chi connectivity index (χ1n) is 7.45. The van der Waals surface area contributed by atoms with Crippen LogP contribution in [-0.4, -0.2) is 28.9 Å². The Kier molecular flexibility index (Phi) is 5.72. The molecule has 0 aliphatic heterocycles. The highest BCUT2D eigenvalue weighted by Gasteiger charge is 2.27. The van der Waals surface area contributed by atoms with Crippen LogP contribution >= 0.6 is 0 Å². The number of hydrogen-bond acceptors (Lipinski definition) is 4. The second kappa shape index (κ2) is 6.89. The molecule has 1 atom stereocenters. The van der Waals surface area contributed by atoms with Crippen LogP contribution < -0.4 is 11.3 Å². The molecule has 0 aromatic carbocycles. The predicted molar refractivity (Wildman–Crippen MR) is 87.1 cm³/mol. The number of hydrogen-bond donors (Lipinski definition) is 2. The lowest BCUT2D eigenvalue weighted by molar-refractivity contribution is 0.0629. The van der Waals surface area contributed by atoms with Crippen molar-refractivity contribution in [3.05, 3.63) is 23.4 Å². The van der Waals surface area contributed by atoms with Gasteiger partial charge < -0.3 is 10.3 Å². The van der Waals surface area contributed by atoms with Crippen molar-refractivity contribution >= 4 is 11.7 Å². The van der Waals surface area contributed by atoms with Crippen LogP contribution in [0.1, 0.15) is 57.1 Å². The van der Waals surface area contributed by atoms with Gasteiger partial charge in [-0.15, -0.1) is 0 Å². The van der Waals surface area contributed by atoms with Crippen molar-refractivity contribution in [1.29, 1.82) is 0 Å². The number of nitrogens with zero attached hydrogens (tertiary/aromatic N) is 2. The highest BCUT2D eigenvalue weighted by molar-refractivity contribution is 5.95. The Morgan fingerprint density at radius 3 is 2.52 bits per heavy atom. The topological polar surface area (TPSA) is 71.2 Å². The molecule has 0 saturated carbocycles. The van der Waals surface area contributed by atoms with Crippen LogP contribution in [0, 0.1) is 5.41 Å². The van der Waals surface area contributed by atoms with E-state index >= 15 is 0 Å². The first-order chi connectivity index (χ1) is 9.70. The van der Waals surface area contributed by atoms with Gasteiger partial charge in [-0.3, -0.25) is 4.79 Å². The number of pyridine rings is 1. The number of carbonyl (C=O) groups excluding carboxylic acids is 1. The average Bonchev–Trinajstić information content (AvgIpc) is 2.43. The van der Waals surface area contributed by atoms with Crippen LogP contribution in [0.2, 0.25) is 0 Å². The molecule has 21 heavy (non-hydrogen) atoms. The third-order valence-electron chi connectivity index (χ3n) is 3.93. The van der Waals surface area contributed by atoms with Gasteiger partial charge in [0.2, 0.25) is 0 Å². The van der Waals surface area contributed by atoms with Crippen LogP contribution in [0.4, 0.5) is 5.82 Å². The number of amides is 1. The molecule has 0 fully saturated rings. The molecule has 1 unspecified atom stereocenters. The van der Waals surface area contributed by atoms with Crippen LogP contribution in [-0.2, 0) is 6.42 Å². The maximum atomic E-state index is 12.7. The summed E-state index contributed by atoms with van der Waals surface area (Å²) in [7, 11) is 1.84. The predicted octanol–water partition coefficient (Wildman–Crippen LogP) is 2.83. The van der Waals surface area contributed by atoms with Crippen molar-refractivity contribution in [2.45, 2.75) is 53.5 Å². The fraction of sp³-hybridized carbons (Fsp3) is 0.625. The minimum Gasteiger partial charge on any atom is -0.338 e. The third kappa shape index (κ3) is 4.43. The lowest BCUT2D eigenvalue weighted by Gasteiger charge is -2.35. The summed E-state index contributed by atoms with van der Waals surface area (Å²) in [6, 6.07) is 3.69. The molecule has 5 heteroatoms. The van der Waals surface area contributed by atoms with Crippen molar-refractivity contribution in [3.8, 4) is 0 Å². The zero-order valence-electron chi connectivity index (χ0n) is 14.0. The van der Waals surface area contributed by atoms with Gasteiger partial charge in [0.05, 0.1) is 0 Å². The van der Waals surface area contributed by atoms with Gasteiger partial charge in [-0.1, -0.05) is 34.1 Å². The Balaban J connectivity index is 3.08. The molecule has 1 rings (SSSR count). The van der Waals surface area contributed by atoms with Gasteiger partial charge in [-0.05, 0) is 30.9 Å². The van der Waals surface area contributed by atoms with E-state index in [1.165, 1.54) is 0 Å². The van der Waals surface area contributed by atoms with Crippen molar-refractivity contribution < 1.29 is 4.79 Å². The molecule has 1 aromatic heterocycles. The summed E-state index contributed by atoms with van der Waals surface area (Å²) < 4.78 is 0. The number of nitrogens with one attached hydrogen (secondary N) is 1. The molecule has 1 amide bonds. The van der Waals surface area contributed by atoms with Gasteiger partial charge in [0.25, 0.3) is 5.91 Å². The standard InChI is InChI=1S/C16H28N4O/c1-7-8-13-9-12(10-14(18-13)19-17)15(21)20(6)11(2)16(3,4)5/h9-11H,7-8,17H2,1-6H3,(H,18,19). The molecule has 5 nitrogen and oxygen atoms in total. The summed E-state index contributed by atoms with van der Waals surface area (Å²) >= 11 is 0. The van der Waals surface area contributed by atoms with Gasteiger partial charge in [0.15, 0.2) is 0 Å². The van der Waals surface area contributed by atoms with Crippen LogP contribution in [0.3, 0.4) is 0 Å². The van der Waals surface area contributed by atoms with E-state index in [-0.39, 0.29) is 17.4 Å². The summed E-state index contributed by atoms with van der Waals surface area (Å²) in [6.07, 6.45) is 1.80. The minimum absolute atomic E-state index is 0.00585. The van der Waals surface area contributed by atoms with E-state index < -0.39 is 0 Å². The van der Waals surface area contributed by atoms with Gasteiger partial charge in [0.1, 0.15) is 5.82 Å². The minimum atomic E-state index is -0.00585. The van der Waals surface area contributed by atoms with Crippen molar-refractivity contribution in [1.82, 2.24) is 9.88 Å². The first kappa shape index (κ1) is 17.4. The van der Waals surface area contributed by atoms with E-state index in [0.717, 1.165) is 18.5 Å². The van der Waals surface area contributed by atoms with E-state index in [9.17, 15) is 4.79 Å². The number of aromatic nitrogens is 1. The lowest BCUT2D eigenvalue weighted by atomic mass is 9.87. The summed E-state index contributed by atoms with van der Waals surface area (Å²) in [5.74, 6) is 5.97. The van der Waals surface area contributed by atoms with Crippen LogP contribution in [0.25, 0.3) is 0 Å². The zero-order chi connectivity index (χ0) is 16.2. The fourth-order valence-electron chi connectivity index (χ4n) is 2.13. The molecule has 0 aliphatic rings. The van der Waals surface area contributed by atoms with Gasteiger partial charge in [-0.2, -0.15) is 0 Å². The highest BCUT2D eigenvalue weighted by Crippen LogP contribution is 2.24. The Bertz CT molecular complexity index is 494. The number of nitrogens with two attached hydrogens (primary N) is 1. The first-order valence-corrected chi connectivity index (χ1v) is 7.45. The second-order valence-electron chi connectivity index (χ2n) is 6.58. The van der Waals surface area contributed by atoms with Crippen molar-refractivity contribution in [2.75, 3.05) is 12.5 Å². The second-order valence-corrected chi connectivity index (χ2v) is 6.58. The number of hydrazine groups is 1. The largest absolute Gasteiger partial charge is 0.338 e. The quantitative estimate of drug-likeness (QED) is 0.646. The van der Waals surface area contributed by atoms with Crippen LogP contribution in [0.15, 0.2) is 12.1 Å². The number of nitrogen functional groups attached to an aromatic ring is 1. The van der Waals surface area contributed by atoms with E-state index in [1.807, 2.05) is 13.1 Å². The normalized spacial score (nSPS) is 12.9. The molecule has 118 valence electrons. The molecular formula is C16H28N4O. The SMILES string of the molecule is CCCc1cc(C(=O)N(C)C(C)C(C)(C)C)cc(NN)n1. The molecule has 3 N–H and O–H groups in total. The number of rotatable bonds is 5. The fourth-order valence-corrected chi connectivity index (χ4v) is 2.13. The summed E-state index contributed by atoms with van der Waals surface area (Å²) in [6.45, 7) is 10.5. The van der Waals surface area contributed by atoms with Crippen molar-refractivity contribution in [3.63, 3.8) is 0 Å². The Hall–Kier alpha value is -1.62. The smallest absolute Gasteiger partial charge is 0.254 e. The molecule has 0 spiro atoms. The van der Waals surface area contributed by atoms with Gasteiger partial charge >= 0.3 is 0 Å². The Morgan fingerprint density at radius 1 is 1.43 bits per heavy atom. The maximum Gasteiger partial charge on any atom is 0.254 e. The summed E-state index contributed by atoms with van der Waals surface area (Å²) in [4.78, 5) is 18.8. The molecule has 1 heterocycles. The zero-order valence-corrected chi connectivity index (χ0v) is 14.0. The number of anilines is 1. The lowest BCUT2D eigenvalue weighted by Crippen LogP contribution is -2.43. The van der Waals surface area contributed by atoms with E-state index in [1.54, 1.807) is 11.0 Å². The Morgan fingerprint density at radius 2 is 2.05 bits per heavy atom. The molecular weight excluding hydrogens is 264 g/mol. The third-order valence-corrected chi connectivity index (χ3v) is 3.93. The summed E-state index contributed by atoms with van der Waals surface area (Å²) in [5.41, 5.74) is 4.07. The summed E-state index contributed by atoms with van der Waals surface area (Å²) in [5, 5.41) is 0. The van der Waals surface area contributed by atoms with Gasteiger partial charge in [-0.25, -0.2) is 10.8 Å². The van der Waals surface area contributed by atoms with Crippen LogP contribution in [0.5, 0.6) is 0 Å². The van der Waals surface area contributed by atoms with Crippen molar-refractivity contribution in [2.24, 2.45) is 11.3 Å². The Labute approximate surface area is 127 Å². The molecule has 0 radical (unpaired) electrons. The molecule has 0 aliphatic carbocycles. The van der Waals surface area contributed by atoms with E-state index in [4.69, 9.17) is 5.84 Å². The molecule has 0 saturated heterocycles. The number of carbonyl (C=O) groups is 1. The number of aryl methyl sites for hydroxylation is 1. The highest BCUT2D eigenvalue weighted by atomic mass is 16.2. The molecule has 0 bridgehead atoms. The maximum absolute atomic E-state index is 12.7. The monoisotopic (exact) mass is 292 g/mol. The van der Waals surface area contributed by atoms with E-state index in [2.05, 4.69) is 45.0 Å². The van der Waals surface area contributed by atoms with Gasteiger partial charge in [0, 0.05) is 24.3 Å². The van der Waals surface area contributed by atoms with E-state index in [0.29, 0.717) is 11.4 Å².